The fourth-order valence-corrected chi connectivity index (χ4v) is 4.16. The van der Waals surface area contributed by atoms with Crippen molar-refractivity contribution in [3.63, 3.8) is 0 Å². The summed E-state index contributed by atoms with van der Waals surface area (Å²) in [4.78, 5) is 18.8. The number of esters is 1. The summed E-state index contributed by atoms with van der Waals surface area (Å²) >= 11 is 0. The van der Waals surface area contributed by atoms with Crippen LogP contribution in [0.2, 0.25) is 0 Å². The van der Waals surface area contributed by atoms with Crippen molar-refractivity contribution >= 4 is 11.7 Å². The van der Waals surface area contributed by atoms with Crippen molar-refractivity contribution in [2.45, 2.75) is 12.7 Å². The average molecular weight is 467 g/mol. The second kappa shape index (κ2) is 10.3. The van der Waals surface area contributed by atoms with Crippen molar-refractivity contribution in [2.75, 3.05) is 25.1 Å². The summed E-state index contributed by atoms with van der Waals surface area (Å²) in [7, 11) is 1.41. The van der Waals surface area contributed by atoms with Crippen LogP contribution in [0.25, 0.3) is 11.1 Å². The number of methoxy groups -OCH3 is 1. The Bertz CT molecular complexity index is 1270. The van der Waals surface area contributed by atoms with Gasteiger partial charge in [-0.2, -0.15) is 0 Å². The van der Waals surface area contributed by atoms with E-state index in [2.05, 4.69) is 9.88 Å². The van der Waals surface area contributed by atoms with Crippen LogP contribution in [0.4, 0.5) is 5.69 Å². The number of hydrogen-bond acceptors (Lipinski definition) is 6. The number of aromatic nitrogens is 1. The van der Waals surface area contributed by atoms with Crippen LogP contribution in [0.15, 0.2) is 97.3 Å². The molecule has 176 valence electrons. The molecule has 0 saturated carbocycles. The van der Waals surface area contributed by atoms with Crippen LogP contribution in [-0.2, 0) is 11.3 Å². The number of benzene rings is 3. The summed E-state index contributed by atoms with van der Waals surface area (Å²) in [6.07, 6.45) is 3.49. The normalized spacial score (nSPS) is 13.1. The molecule has 1 fully saturated rings. The third-order valence-electron chi connectivity index (χ3n) is 5.96. The summed E-state index contributed by atoms with van der Waals surface area (Å²) < 4.78 is 17.0. The Morgan fingerprint density at radius 1 is 0.914 bits per heavy atom. The average Bonchev–Trinajstić information content (AvgIpc) is 2.90. The highest BCUT2D eigenvalue weighted by Crippen LogP contribution is 2.37. The summed E-state index contributed by atoms with van der Waals surface area (Å²) in [6, 6.07) is 27.4. The Morgan fingerprint density at radius 2 is 1.71 bits per heavy atom. The number of ether oxygens (including phenoxy) is 3. The molecular formula is C29H26N2O4. The zero-order valence-corrected chi connectivity index (χ0v) is 19.5. The number of pyridine rings is 1. The number of rotatable bonds is 8. The topological polar surface area (TPSA) is 60.9 Å². The first-order valence-corrected chi connectivity index (χ1v) is 11.5. The fraction of sp³-hybridized carbons (Fsp3) is 0.172. The molecule has 1 aliphatic rings. The van der Waals surface area contributed by atoms with Crippen molar-refractivity contribution in [2.24, 2.45) is 0 Å². The monoisotopic (exact) mass is 466 g/mol. The van der Waals surface area contributed by atoms with Gasteiger partial charge in [0.25, 0.3) is 0 Å². The molecule has 2 heterocycles. The minimum atomic E-state index is -0.341. The van der Waals surface area contributed by atoms with Crippen LogP contribution in [0.5, 0.6) is 11.5 Å². The standard InChI is InChI=1S/C29H26N2O4/c1-33-29(32)26-10-5-11-27(28(26)22-7-3-2-4-8-22)31-18-25(19-31)35-23-14-12-21(13-15-23)20-34-24-9-6-16-30-17-24/h2-17,25H,18-20H2,1H3. The van der Waals surface area contributed by atoms with Gasteiger partial charge >= 0.3 is 5.97 Å². The van der Waals surface area contributed by atoms with Crippen molar-refractivity contribution in [3.05, 3.63) is 108 Å². The predicted octanol–water partition coefficient (Wildman–Crippen LogP) is 5.38. The maximum absolute atomic E-state index is 12.5. The minimum Gasteiger partial charge on any atom is -0.487 e. The van der Waals surface area contributed by atoms with Crippen LogP contribution < -0.4 is 14.4 Å². The Balaban J connectivity index is 1.24. The molecule has 0 spiro atoms. The van der Waals surface area contributed by atoms with Gasteiger partial charge in [0.05, 0.1) is 32.0 Å². The zero-order chi connectivity index (χ0) is 24.0. The summed E-state index contributed by atoms with van der Waals surface area (Å²) in [5.74, 6) is 1.23. The molecule has 1 saturated heterocycles. The van der Waals surface area contributed by atoms with Gasteiger partial charge in [-0.15, -0.1) is 0 Å². The lowest BCUT2D eigenvalue weighted by atomic mass is 9.95. The number of carbonyl (C=O) groups is 1. The lowest BCUT2D eigenvalue weighted by Crippen LogP contribution is -2.54. The van der Waals surface area contributed by atoms with Crippen LogP contribution >= 0.6 is 0 Å². The molecular weight excluding hydrogens is 440 g/mol. The Kier molecular flexibility index (Phi) is 6.61. The number of hydrogen-bond donors (Lipinski definition) is 0. The molecule has 1 aliphatic heterocycles. The Labute approximate surface area is 204 Å². The SMILES string of the molecule is COC(=O)c1cccc(N2CC(Oc3ccc(COc4cccnc4)cc3)C2)c1-c1ccccc1. The van der Waals surface area contributed by atoms with Gasteiger partial charge in [0.2, 0.25) is 0 Å². The molecule has 0 N–H and O–H groups in total. The molecule has 0 radical (unpaired) electrons. The van der Waals surface area contributed by atoms with Gasteiger partial charge in [-0.25, -0.2) is 4.79 Å². The Morgan fingerprint density at radius 3 is 2.43 bits per heavy atom. The molecule has 3 aromatic carbocycles. The van der Waals surface area contributed by atoms with Crippen LogP contribution in [0.1, 0.15) is 15.9 Å². The second-order valence-corrected chi connectivity index (χ2v) is 8.32. The molecule has 0 amide bonds. The van der Waals surface area contributed by atoms with E-state index in [0.717, 1.165) is 47.0 Å². The lowest BCUT2D eigenvalue weighted by Gasteiger charge is -2.41. The van der Waals surface area contributed by atoms with E-state index in [-0.39, 0.29) is 12.1 Å². The first-order valence-electron chi connectivity index (χ1n) is 11.5. The smallest absolute Gasteiger partial charge is 0.338 e. The molecule has 35 heavy (non-hydrogen) atoms. The molecule has 5 rings (SSSR count). The van der Waals surface area contributed by atoms with Gasteiger partial charge in [0, 0.05) is 17.4 Å². The van der Waals surface area contributed by atoms with Gasteiger partial charge in [0.1, 0.15) is 24.2 Å². The van der Waals surface area contributed by atoms with E-state index >= 15 is 0 Å². The largest absolute Gasteiger partial charge is 0.487 e. The summed E-state index contributed by atoms with van der Waals surface area (Å²) in [6.45, 7) is 1.94. The van der Waals surface area contributed by atoms with Crippen LogP contribution in [-0.4, -0.2) is 37.3 Å². The predicted molar refractivity (Wildman–Crippen MR) is 135 cm³/mol. The van der Waals surface area contributed by atoms with Crippen molar-refractivity contribution in [1.29, 1.82) is 0 Å². The van der Waals surface area contributed by atoms with E-state index in [4.69, 9.17) is 14.2 Å². The minimum absolute atomic E-state index is 0.0675. The van der Waals surface area contributed by atoms with E-state index in [1.54, 1.807) is 12.4 Å². The van der Waals surface area contributed by atoms with Crippen LogP contribution in [0, 0.1) is 0 Å². The van der Waals surface area contributed by atoms with Gasteiger partial charge in [-0.3, -0.25) is 4.98 Å². The van der Waals surface area contributed by atoms with Crippen molar-refractivity contribution < 1.29 is 19.0 Å². The van der Waals surface area contributed by atoms with Gasteiger partial charge in [0.15, 0.2) is 0 Å². The van der Waals surface area contributed by atoms with Crippen molar-refractivity contribution in [3.8, 4) is 22.6 Å². The van der Waals surface area contributed by atoms with Gasteiger partial charge in [-0.05, 0) is 47.5 Å². The highest BCUT2D eigenvalue weighted by Gasteiger charge is 2.31. The highest BCUT2D eigenvalue weighted by molar-refractivity contribution is 6.01. The number of nitrogens with zero attached hydrogens (tertiary/aromatic N) is 2. The van der Waals surface area contributed by atoms with E-state index in [9.17, 15) is 4.79 Å². The number of carbonyl (C=O) groups excluding carboxylic acids is 1. The fourth-order valence-electron chi connectivity index (χ4n) is 4.16. The maximum Gasteiger partial charge on any atom is 0.338 e. The highest BCUT2D eigenvalue weighted by atomic mass is 16.5. The first-order chi connectivity index (χ1) is 17.2. The third-order valence-corrected chi connectivity index (χ3v) is 5.96. The van der Waals surface area contributed by atoms with E-state index in [1.807, 2.05) is 84.9 Å². The molecule has 1 aromatic heterocycles. The molecule has 6 nitrogen and oxygen atoms in total. The summed E-state index contributed by atoms with van der Waals surface area (Å²) in [5, 5.41) is 0. The van der Waals surface area contributed by atoms with Crippen molar-refractivity contribution in [1.82, 2.24) is 4.98 Å². The molecule has 0 bridgehead atoms. The van der Waals surface area contributed by atoms with Gasteiger partial charge < -0.3 is 19.1 Å². The molecule has 0 atom stereocenters. The molecule has 6 heteroatoms. The first kappa shape index (κ1) is 22.5. The Hall–Kier alpha value is -4.32. The van der Waals surface area contributed by atoms with E-state index in [1.165, 1.54) is 7.11 Å². The quantitative estimate of drug-likeness (QED) is 0.325. The molecule has 4 aromatic rings. The second-order valence-electron chi connectivity index (χ2n) is 8.32. The third kappa shape index (κ3) is 5.11. The number of anilines is 1. The van der Waals surface area contributed by atoms with Gasteiger partial charge in [-0.1, -0.05) is 48.5 Å². The maximum atomic E-state index is 12.5. The van der Waals surface area contributed by atoms with E-state index in [0.29, 0.717) is 12.2 Å². The van der Waals surface area contributed by atoms with E-state index < -0.39 is 0 Å². The van der Waals surface area contributed by atoms with Crippen LogP contribution in [0.3, 0.4) is 0 Å². The molecule has 0 unspecified atom stereocenters. The zero-order valence-electron chi connectivity index (χ0n) is 19.5. The molecule has 0 aliphatic carbocycles. The summed E-state index contributed by atoms with van der Waals surface area (Å²) in [5.41, 5.74) is 4.49. The lowest BCUT2D eigenvalue weighted by molar-refractivity contribution is 0.0601.